The smallest absolute Gasteiger partial charge is 0.256 e. The zero-order chi connectivity index (χ0) is 13.0. The van der Waals surface area contributed by atoms with E-state index in [9.17, 15) is 9.59 Å². The summed E-state index contributed by atoms with van der Waals surface area (Å²) in [5, 5.41) is 0. The van der Waals surface area contributed by atoms with Crippen molar-refractivity contribution in [3.8, 4) is 0 Å². The van der Waals surface area contributed by atoms with Crippen LogP contribution in [0.2, 0.25) is 0 Å². The molecule has 1 aromatic rings. The molecule has 0 aliphatic heterocycles. The van der Waals surface area contributed by atoms with Crippen molar-refractivity contribution in [2.45, 2.75) is 19.9 Å². The molecule has 0 aliphatic carbocycles. The van der Waals surface area contributed by atoms with Crippen LogP contribution < -0.4 is 5.73 Å². The van der Waals surface area contributed by atoms with Gasteiger partial charge in [-0.3, -0.25) is 9.59 Å². The molecule has 0 aliphatic rings. The molecule has 2 amide bonds. The second-order valence-corrected chi connectivity index (χ2v) is 4.68. The molecule has 0 unspecified atom stereocenters. The highest BCUT2D eigenvalue weighted by Gasteiger charge is 2.20. The Hall–Kier alpha value is -1.43. The second-order valence-electron chi connectivity index (χ2n) is 3.86. The van der Waals surface area contributed by atoms with Gasteiger partial charge < -0.3 is 10.6 Å². The molecule has 0 atom stereocenters. The largest absolute Gasteiger partial charge is 0.368 e. The van der Waals surface area contributed by atoms with Gasteiger partial charge >= 0.3 is 0 Å². The first kappa shape index (κ1) is 13.6. The van der Waals surface area contributed by atoms with Gasteiger partial charge in [0.2, 0.25) is 5.91 Å². The van der Waals surface area contributed by atoms with Crippen LogP contribution in [0.5, 0.6) is 0 Å². The van der Waals surface area contributed by atoms with Crippen LogP contribution >= 0.6 is 15.9 Å². The van der Waals surface area contributed by atoms with Gasteiger partial charge in [0.05, 0.1) is 12.1 Å². The quantitative estimate of drug-likeness (QED) is 0.848. The maximum absolute atomic E-state index is 12.1. The molecular formula is C11H14BrN3O2. The molecule has 0 saturated heterocycles. The zero-order valence-electron chi connectivity index (χ0n) is 9.68. The average molecular weight is 300 g/mol. The van der Waals surface area contributed by atoms with Crippen molar-refractivity contribution in [2.75, 3.05) is 6.54 Å². The van der Waals surface area contributed by atoms with Crippen molar-refractivity contribution in [1.82, 2.24) is 9.88 Å². The summed E-state index contributed by atoms with van der Waals surface area (Å²) in [7, 11) is 0. The number of primary amides is 1. The van der Waals surface area contributed by atoms with E-state index in [1.54, 1.807) is 12.1 Å². The van der Waals surface area contributed by atoms with Crippen molar-refractivity contribution in [2.24, 2.45) is 5.73 Å². The Kier molecular flexibility index (Phi) is 4.62. The SMILES string of the molecule is CC(C)N(CC(N)=O)C(=O)c1ccc(Br)nc1. The van der Waals surface area contributed by atoms with Crippen LogP contribution in [-0.2, 0) is 4.79 Å². The summed E-state index contributed by atoms with van der Waals surface area (Å²) < 4.78 is 0.653. The summed E-state index contributed by atoms with van der Waals surface area (Å²) in [5.41, 5.74) is 5.55. The van der Waals surface area contributed by atoms with E-state index in [2.05, 4.69) is 20.9 Å². The summed E-state index contributed by atoms with van der Waals surface area (Å²) in [5.74, 6) is -0.782. The lowest BCUT2D eigenvalue weighted by Crippen LogP contribution is -2.42. The average Bonchev–Trinajstić information content (AvgIpc) is 2.25. The first-order chi connectivity index (χ1) is 7.91. The third-order valence-electron chi connectivity index (χ3n) is 2.18. The number of nitrogens with zero attached hydrogens (tertiary/aromatic N) is 2. The molecule has 92 valence electrons. The molecule has 0 fully saturated rings. The van der Waals surface area contributed by atoms with Gasteiger partial charge in [-0.1, -0.05) is 0 Å². The fraction of sp³-hybridized carbons (Fsp3) is 0.364. The number of halogens is 1. The summed E-state index contributed by atoms with van der Waals surface area (Å²) in [6.07, 6.45) is 1.46. The first-order valence-electron chi connectivity index (χ1n) is 5.12. The van der Waals surface area contributed by atoms with Gasteiger partial charge in [0.15, 0.2) is 0 Å². The number of pyridine rings is 1. The van der Waals surface area contributed by atoms with Crippen LogP contribution in [-0.4, -0.2) is 34.3 Å². The molecule has 5 nitrogen and oxygen atoms in total. The summed E-state index contributed by atoms with van der Waals surface area (Å²) in [4.78, 5) is 28.4. The van der Waals surface area contributed by atoms with Crippen LogP contribution in [0.4, 0.5) is 0 Å². The molecule has 1 rings (SSSR count). The predicted molar refractivity (Wildman–Crippen MR) is 67.3 cm³/mol. The number of amides is 2. The molecule has 17 heavy (non-hydrogen) atoms. The molecule has 1 heterocycles. The minimum atomic E-state index is -0.530. The Bertz CT molecular complexity index is 417. The first-order valence-corrected chi connectivity index (χ1v) is 5.92. The standard InChI is InChI=1S/C11H14BrN3O2/c1-7(2)15(6-10(13)16)11(17)8-3-4-9(12)14-5-8/h3-5,7H,6H2,1-2H3,(H2,13,16). The lowest BCUT2D eigenvalue weighted by Gasteiger charge is -2.25. The van der Waals surface area contributed by atoms with Crippen LogP contribution in [0.1, 0.15) is 24.2 Å². The Labute approximate surface area is 108 Å². The van der Waals surface area contributed by atoms with E-state index in [1.807, 2.05) is 13.8 Å². The predicted octanol–water partition coefficient (Wildman–Crippen LogP) is 1.18. The van der Waals surface area contributed by atoms with Crippen molar-refractivity contribution in [1.29, 1.82) is 0 Å². The summed E-state index contributed by atoms with van der Waals surface area (Å²) in [6.45, 7) is 3.56. The van der Waals surface area contributed by atoms with Gasteiger partial charge in [0.25, 0.3) is 5.91 Å². The number of rotatable bonds is 4. The van der Waals surface area contributed by atoms with Crippen LogP contribution in [0.3, 0.4) is 0 Å². The van der Waals surface area contributed by atoms with Crippen LogP contribution in [0.25, 0.3) is 0 Å². The molecule has 6 heteroatoms. The van der Waals surface area contributed by atoms with Crippen molar-refractivity contribution < 1.29 is 9.59 Å². The summed E-state index contributed by atoms with van der Waals surface area (Å²) in [6, 6.07) is 3.23. The highest BCUT2D eigenvalue weighted by molar-refractivity contribution is 9.10. The van der Waals surface area contributed by atoms with E-state index in [-0.39, 0.29) is 18.5 Å². The third kappa shape index (κ3) is 3.81. The van der Waals surface area contributed by atoms with Gasteiger partial charge in [-0.05, 0) is 41.9 Å². The highest BCUT2D eigenvalue weighted by Crippen LogP contribution is 2.10. The minimum absolute atomic E-state index is 0.0907. The van der Waals surface area contributed by atoms with E-state index in [4.69, 9.17) is 5.73 Å². The molecule has 0 bridgehead atoms. The molecule has 0 spiro atoms. The zero-order valence-corrected chi connectivity index (χ0v) is 11.3. The van der Waals surface area contributed by atoms with E-state index in [0.29, 0.717) is 10.2 Å². The normalized spacial score (nSPS) is 10.4. The summed E-state index contributed by atoms with van der Waals surface area (Å²) >= 11 is 3.19. The minimum Gasteiger partial charge on any atom is -0.368 e. The van der Waals surface area contributed by atoms with E-state index >= 15 is 0 Å². The Balaban J connectivity index is 2.91. The number of carbonyl (C=O) groups is 2. The third-order valence-corrected chi connectivity index (χ3v) is 2.65. The number of carbonyl (C=O) groups excluding carboxylic acids is 2. The van der Waals surface area contributed by atoms with Gasteiger partial charge in [-0.15, -0.1) is 0 Å². The molecule has 0 radical (unpaired) electrons. The monoisotopic (exact) mass is 299 g/mol. The fourth-order valence-electron chi connectivity index (χ4n) is 1.32. The lowest BCUT2D eigenvalue weighted by molar-refractivity contribution is -0.119. The number of nitrogens with two attached hydrogens (primary N) is 1. The van der Waals surface area contributed by atoms with Gasteiger partial charge in [-0.2, -0.15) is 0 Å². The van der Waals surface area contributed by atoms with Crippen molar-refractivity contribution >= 4 is 27.7 Å². The Morgan fingerprint density at radius 2 is 2.12 bits per heavy atom. The lowest BCUT2D eigenvalue weighted by atomic mass is 10.2. The van der Waals surface area contributed by atoms with Gasteiger partial charge in [-0.25, -0.2) is 4.98 Å². The number of hydrogen-bond acceptors (Lipinski definition) is 3. The number of aromatic nitrogens is 1. The maximum Gasteiger partial charge on any atom is 0.256 e. The highest BCUT2D eigenvalue weighted by atomic mass is 79.9. The topological polar surface area (TPSA) is 76.3 Å². The second kappa shape index (κ2) is 5.77. The molecule has 0 saturated carbocycles. The van der Waals surface area contributed by atoms with E-state index in [1.165, 1.54) is 11.1 Å². The Morgan fingerprint density at radius 1 is 1.47 bits per heavy atom. The van der Waals surface area contributed by atoms with Crippen molar-refractivity contribution in [3.05, 3.63) is 28.5 Å². The maximum atomic E-state index is 12.1. The molecule has 2 N–H and O–H groups in total. The fourth-order valence-corrected chi connectivity index (χ4v) is 1.56. The van der Waals surface area contributed by atoms with E-state index < -0.39 is 5.91 Å². The van der Waals surface area contributed by atoms with Crippen LogP contribution in [0, 0.1) is 0 Å². The Morgan fingerprint density at radius 3 is 2.53 bits per heavy atom. The van der Waals surface area contributed by atoms with Gasteiger partial charge in [0.1, 0.15) is 4.60 Å². The van der Waals surface area contributed by atoms with E-state index in [0.717, 1.165) is 0 Å². The van der Waals surface area contributed by atoms with Gasteiger partial charge in [0, 0.05) is 12.2 Å². The van der Waals surface area contributed by atoms with Crippen LogP contribution in [0.15, 0.2) is 22.9 Å². The molecule has 1 aromatic heterocycles. The van der Waals surface area contributed by atoms with Crippen molar-refractivity contribution in [3.63, 3.8) is 0 Å². The number of hydrogen-bond donors (Lipinski definition) is 1. The molecular weight excluding hydrogens is 286 g/mol. The molecule has 0 aromatic carbocycles.